The molecule has 0 aliphatic heterocycles. The lowest BCUT2D eigenvalue weighted by atomic mass is 9.79. The van der Waals surface area contributed by atoms with E-state index < -0.39 is 0 Å². The predicted molar refractivity (Wildman–Crippen MR) is 101 cm³/mol. The van der Waals surface area contributed by atoms with Gasteiger partial charge in [-0.1, -0.05) is 74.9 Å². The minimum absolute atomic E-state index is 0.598. The van der Waals surface area contributed by atoms with Crippen molar-refractivity contribution >= 4 is 0 Å². The molecule has 2 rings (SSSR count). The van der Waals surface area contributed by atoms with Crippen LogP contribution in [0.3, 0.4) is 0 Å². The highest BCUT2D eigenvalue weighted by molar-refractivity contribution is 5.33. The molecule has 0 aliphatic carbocycles. The number of hydrogen-bond acceptors (Lipinski definition) is 1. The van der Waals surface area contributed by atoms with Gasteiger partial charge in [0, 0.05) is 6.54 Å². The minimum atomic E-state index is 0.598. The van der Waals surface area contributed by atoms with E-state index in [-0.39, 0.29) is 0 Å². The van der Waals surface area contributed by atoms with Crippen LogP contribution in [0.5, 0.6) is 0 Å². The lowest BCUT2D eigenvalue weighted by molar-refractivity contribution is 0.408. The van der Waals surface area contributed by atoms with Crippen molar-refractivity contribution in [1.29, 1.82) is 0 Å². The molecule has 0 fully saturated rings. The highest BCUT2D eigenvalue weighted by Crippen LogP contribution is 2.33. The molecule has 23 heavy (non-hydrogen) atoms. The van der Waals surface area contributed by atoms with E-state index in [4.69, 9.17) is 0 Å². The molecular formula is C22H31N. The summed E-state index contributed by atoms with van der Waals surface area (Å²) in [6.07, 6.45) is 3.49. The van der Waals surface area contributed by atoms with Crippen LogP contribution in [0.1, 0.15) is 42.9 Å². The smallest absolute Gasteiger partial charge is 0.00158 e. The maximum atomic E-state index is 2.40. The van der Waals surface area contributed by atoms with E-state index in [2.05, 4.69) is 87.4 Å². The molecule has 2 aromatic rings. The molecule has 0 saturated carbocycles. The molecule has 2 atom stereocenters. The third kappa shape index (κ3) is 5.21. The molecule has 0 aromatic heterocycles. The Hall–Kier alpha value is -1.60. The molecule has 1 heteroatoms. The number of hydrogen-bond donors (Lipinski definition) is 0. The average molecular weight is 309 g/mol. The topological polar surface area (TPSA) is 3.24 Å². The zero-order valence-corrected chi connectivity index (χ0v) is 15.1. The maximum Gasteiger partial charge on any atom is 0.00158 e. The Labute approximate surface area is 142 Å². The van der Waals surface area contributed by atoms with Crippen LogP contribution in [0.2, 0.25) is 0 Å². The van der Waals surface area contributed by atoms with Gasteiger partial charge in [0.2, 0.25) is 0 Å². The molecule has 0 N–H and O–H groups in total. The Morgan fingerprint density at radius 2 is 1.57 bits per heavy atom. The van der Waals surface area contributed by atoms with Crippen molar-refractivity contribution in [2.24, 2.45) is 5.92 Å². The molecule has 0 spiro atoms. The lowest BCUT2D eigenvalue weighted by Crippen LogP contribution is -2.18. The first-order valence-electron chi connectivity index (χ1n) is 8.88. The normalized spacial score (nSPS) is 14.0. The standard InChI is InChI=1S/C22H31N/c1-5-18(2)22(17-19-11-7-6-8-12-19)21-14-10-9-13-20(21)15-16-23(3)4/h6-14,18,22H,5,15-17H2,1-4H3. The van der Waals surface area contributed by atoms with Gasteiger partial charge in [0.1, 0.15) is 0 Å². The van der Waals surface area contributed by atoms with Gasteiger partial charge in [-0.3, -0.25) is 0 Å². The SMILES string of the molecule is CCC(C)C(Cc1ccccc1)c1ccccc1CCN(C)C. The molecule has 0 bridgehead atoms. The van der Waals surface area contributed by atoms with Crippen LogP contribution in [0.15, 0.2) is 54.6 Å². The second-order valence-electron chi connectivity index (χ2n) is 6.93. The van der Waals surface area contributed by atoms with Crippen molar-refractivity contribution in [2.45, 2.75) is 39.0 Å². The van der Waals surface area contributed by atoms with Gasteiger partial charge < -0.3 is 4.90 Å². The fourth-order valence-electron chi connectivity index (χ4n) is 3.24. The van der Waals surface area contributed by atoms with Crippen LogP contribution in [0.4, 0.5) is 0 Å². The zero-order chi connectivity index (χ0) is 16.7. The first-order chi connectivity index (χ1) is 11.1. The second-order valence-corrected chi connectivity index (χ2v) is 6.93. The molecule has 0 saturated heterocycles. The monoisotopic (exact) mass is 309 g/mol. The molecule has 0 amide bonds. The summed E-state index contributed by atoms with van der Waals surface area (Å²) in [4.78, 5) is 2.27. The summed E-state index contributed by atoms with van der Waals surface area (Å²) in [6.45, 7) is 5.82. The Morgan fingerprint density at radius 1 is 0.913 bits per heavy atom. The highest BCUT2D eigenvalue weighted by atomic mass is 15.0. The van der Waals surface area contributed by atoms with Gasteiger partial charge in [0.15, 0.2) is 0 Å². The number of benzene rings is 2. The molecular weight excluding hydrogens is 278 g/mol. The van der Waals surface area contributed by atoms with Gasteiger partial charge in [-0.05, 0) is 55.5 Å². The Balaban J connectivity index is 2.28. The number of rotatable bonds is 8. The highest BCUT2D eigenvalue weighted by Gasteiger charge is 2.21. The fraction of sp³-hybridized carbons (Fsp3) is 0.455. The number of nitrogens with zero attached hydrogens (tertiary/aromatic N) is 1. The van der Waals surface area contributed by atoms with Gasteiger partial charge in [0.05, 0.1) is 0 Å². The van der Waals surface area contributed by atoms with Crippen LogP contribution in [0, 0.1) is 5.92 Å². The second kappa shape index (κ2) is 8.88. The molecule has 124 valence electrons. The van der Waals surface area contributed by atoms with Crippen molar-refractivity contribution < 1.29 is 0 Å². The zero-order valence-electron chi connectivity index (χ0n) is 15.1. The van der Waals surface area contributed by atoms with E-state index >= 15 is 0 Å². The maximum absolute atomic E-state index is 2.40. The molecule has 2 unspecified atom stereocenters. The van der Waals surface area contributed by atoms with E-state index in [9.17, 15) is 0 Å². The van der Waals surface area contributed by atoms with Crippen LogP contribution >= 0.6 is 0 Å². The first-order valence-corrected chi connectivity index (χ1v) is 8.88. The van der Waals surface area contributed by atoms with Crippen LogP contribution in [-0.4, -0.2) is 25.5 Å². The summed E-state index contributed by atoms with van der Waals surface area (Å²) in [5, 5.41) is 0. The van der Waals surface area contributed by atoms with Gasteiger partial charge in [-0.15, -0.1) is 0 Å². The molecule has 1 nitrogen and oxygen atoms in total. The summed E-state index contributed by atoms with van der Waals surface area (Å²) < 4.78 is 0. The largest absolute Gasteiger partial charge is 0.309 e. The summed E-state index contributed by atoms with van der Waals surface area (Å²) in [5.74, 6) is 1.29. The van der Waals surface area contributed by atoms with E-state index in [1.54, 1.807) is 5.56 Å². The molecule has 2 aromatic carbocycles. The molecule has 0 radical (unpaired) electrons. The van der Waals surface area contributed by atoms with E-state index in [0.717, 1.165) is 19.4 Å². The van der Waals surface area contributed by atoms with Gasteiger partial charge in [-0.2, -0.15) is 0 Å². The summed E-state index contributed by atoms with van der Waals surface area (Å²) in [6, 6.07) is 20.0. The van der Waals surface area contributed by atoms with Crippen LogP contribution in [0.25, 0.3) is 0 Å². The van der Waals surface area contributed by atoms with Crippen LogP contribution < -0.4 is 0 Å². The van der Waals surface area contributed by atoms with Crippen molar-refractivity contribution in [3.05, 3.63) is 71.3 Å². The average Bonchev–Trinajstić information content (AvgIpc) is 2.58. The van der Waals surface area contributed by atoms with Crippen molar-refractivity contribution in [1.82, 2.24) is 4.90 Å². The fourth-order valence-corrected chi connectivity index (χ4v) is 3.24. The molecule has 0 aliphatic rings. The number of likely N-dealkylation sites (N-methyl/N-ethyl adjacent to an activating group) is 1. The first kappa shape index (κ1) is 17.7. The van der Waals surface area contributed by atoms with E-state index in [0.29, 0.717) is 11.8 Å². The summed E-state index contributed by atoms with van der Waals surface area (Å²) in [7, 11) is 4.30. The Bertz CT molecular complexity index is 574. The van der Waals surface area contributed by atoms with Crippen molar-refractivity contribution in [2.75, 3.05) is 20.6 Å². The third-order valence-corrected chi connectivity index (χ3v) is 4.91. The Morgan fingerprint density at radius 3 is 2.22 bits per heavy atom. The quantitative estimate of drug-likeness (QED) is 0.651. The third-order valence-electron chi connectivity index (χ3n) is 4.91. The van der Waals surface area contributed by atoms with Gasteiger partial charge in [-0.25, -0.2) is 0 Å². The Kier molecular flexibility index (Phi) is 6.85. The minimum Gasteiger partial charge on any atom is -0.309 e. The predicted octanol–water partition coefficient (Wildman–Crippen LogP) is 5.16. The van der Waals surface area contributed by atoms with Crippen molar-refractivity contribution in [3.63, 3.8) is 0 Å². The summed E-state index contributed by atoms with van der Waals surface area (Å²) in [5.41, 5.74) is 4.51. The van der Waals surface area contributed by atoms with Crippen LogP contribution in [-0.2, 0) is 12.8 Å². The lowest BCUT2D eigenvalue weighted by Gasteiger charge is -2.26. The van der Waals surface area contributed by atoms with Gasteiger partial charge in [0.25, 0.3) is 0 Å². The van der Waals surface area contributed by atoms with Gasteiger partial charge >= 0.3 is 0 Å². The van der Waals surface area contributed by atoms with E-state index in [1.807, 2.05) is 0 Å². The molecule has 0 heterocycles. The van der Waals surface area contributed by atoms with Crippen molar-refractivity contribution in [3.8, 4) is 0 Å². The van der Waals surface area contributed by atoms with E-state index in [1.165, 1.54) is 17.5 Å². The summed E-state index contributed by atoms with van der Waals surface area (Å²) >= 11 is 0.